The Balaban J connectivity index is 2.59. The van der Waals surface area contributed by atoms with Crippen molar-refractivity contribution in [1.82, 2.24) is 15.0 Å². The number of nitrogens with zero attached hydrogens (tertiary/aromatic N) is 3. The standard InChI is InChI=1S/C10H20N4O/c1-4-8(11)10-12-9(15-13-10)7-14(5-2)6-3/h8H,4-7,11H2,1-3H3/t8-/m1/s1. The van der Waals surface area contributed by atoms with E-state index >= 15 is 0 Å². The van der Waals surface area contributed by atoms with Gasteiger partial charge in [-0.3, -0.25) is 4.90 Å². The first-order valence-corrected chi connectivity index (χ1v) is 5.51. The van der Waals surface area contributed by atoms with Crippen LogP contribution in [0.2, 0.25) is 0 Å². The van der Waals surface area contributed by atoms with Gasteiger partial charge in [-0.2, -0.15) is 4.98 Å². The number of nitrogens with two attached hydrogens (primary N) is 1. The van der Waals surface area contributed by atoms with E-state index in [1.54, 1.807) is 0 Å². The third-order valence-corrected chi connectivity index (χ3v) is 2.51. The quantitative estimate of drug-likeness (QED) is 0.770. The van der Waals surface area contributed by atoms with Crippen LogP contribution < -0.4 is 5.73 Å². The van der Waals surface area contributed by atoms with E-state index in [4.69, 9.17) is 10.3 Å². The van der Waals surface area contributed by atoms with Crippen LogP contribution in [-0.2, 0) is 6.54 Å². The average molecular weight is 212 g/mol. The van der Waals surface area contributed by atoms with Crippen LogP contribution in [0.4, 0.5) is 0 Å². The van der Waals surface area contributed by atoms with E-state index in [-0.39, 0.29) is 6.04 Å². The second kappa shape index (κ2) is 5.82. The molecule has 0 aromatic carbocycles. The van der Waals surface area contributed by atoms with E-state index in [1.807, 2.05) is 6.92 Å². The number of aromatic nitrogens is 2. The highest BCUT2D eigenvalue weighted by atomic mass is 16.5. The summed E-state index contributed by atoms with van der Waals surface area (Å²) in [6.45, 7) is 8.89. The number of hydrogen-bond acceptors (Lipinski definition) is 5. The van der Waals surface area contributed by atoms with Crippen LogP contribution in [0.25, 0.3) is 0 Å². The topological polar surface area (TPSA) is 68.2 Å². The molecule has 1 atom stereocenters. The zero-order valence-electron chi connectivity index (χ0n) is 9.73. The molecule has 0 amide bonds. The highest BCUT2D eigenvalue weighted by Crippen LogP contribution is 2.10. The SMILES string of the molecule is CC[C@@H](N)c1noc(CN(CC)CC)n1. The van der Waals surface area contributed by atoms with Crippen molar-refractivity contribution in [2.75, 3.05) is 13.1 Å². The van der Waals surface area contributed by atoms with Gasteiger partial charge in [0.15, 0.2) is 5.82 Å². The van der Waals surface area contributed by atoms with Gasteiger partial charge in [0.1, 0.15) is 0 Å². The van der Waals surface area contributed by atoms with Crippen LogP contribution in [0.15, 0.2) is 4.52 Å². The molecule has 0 saturated carbocycles. The second-order valence-electron chi connectivity index (χ2n) is 3.52. The molecule has 2 N–H and O–H groups in total. The number of rotatable bonds is 6. The lowest BCUT2D eigenvalue weighted by Crippen LogP contribution is -2.22. The summed E-state index contributed by atoms with van der Waals surface area (Å²) in [7, 11) is 0. The van der Waals surface area contributed by atoms with Crippen molar-refractivity contribution in [2.24, 2.45) is 5.73 Å². The van der Waals surface area contributed by atoms with E-state index in [0.717, 1.165) is 19.5 Å². The van der Waals surface area contributed by atoms with Gasteiger partial charge in [-0.05, 0) is 19.5 Å². The normalized spacial score (nSPS) is 13.4. The Morgan fingerprint density at radius 1 is 1.33 bits per heavy atom. The van der Waals surface area contributed by atoms with Gasteiger partial charge in [0.25, 0.3) is 0 Å². The third-order valence-electron chi connectivity index (χ3n) is 2.51. The van der Waals surface area contributed by atoms with E-state index in [1.165, 1.54) is 0 Å². The first-order chi connectivity index (χ1) is 7.21. The Morgan fingerprint density at radius 2 is 2.00 bits per heavy atom. The molecule has 0 saturated heterocycles. The van der Waals surface area contributed by atoms with Crippen LogP contribution in [-0.4, -0.2) is 28.1 Å². The van der Waals surface area contributed by atoms with Crippen molar-refractivity contribution < 1.29 is 4.52 Å². The second-order valence-corrected chi connectivity index (χ2v) is 3.52. The molecule has 1 aromatic heterocycles. The lowest BCUT2D eigenvalue weighted by molar-refractivity contribution is 0.245. The summed E-state index contributed by atoms with van der Waals surface area (Å²) in [5, 5.41) is 3.87. The molecular formula is C10H20N4O. The Morgan fingerprint density at radius 3 is 2.53 bits per heavy atom. The Bertz CT molecular complexity index is 283. The molecule has 0 aliphatic heterocycles. The molecule has 1 rings (SSSR count). The van der Waals surface area contributed by atoms with E-state index < -0.39 is 0 Å². The molecule has 0 aliphatic rings. The van der Waals surface area contributed by atoms with Crippen molar-refractivity contribution in [3.05, 3.63) is 11.7 Å². The van der Waals surface area contributed by atoms with Crippen molar-refractivity contribution >= 4 is 0 Å². The van der Waals surface area contributed by atoms with Gasteiger partial charge in [0.2, 0.25) is 5.89 Å². The lowest BCUT2D eigenvalue weighted by atomic mass is 10.2. The molecule has 0 bridgehead atoms. The summed E-state index contributed by atoms with van der Waals surface area (Å²) in [6.07, 6.45) is 0.824. The largest absolute Gasteiger partial charge is 0.338 e. The van der Waals surface area contributed by atoms with Crippen molar-refractivity contribution in [3.8, 4) is 0 Å². The first-order valence-electron chi connectivity index (χ1n) is 5.51. The highest BCUT2D eigenvalue weighted by molar-refractivity contribution is 4.92. The van der Waals surface area contributed by atoms with Crippen molar-refractivity contribution in [1.29, 1.82) is 0 Å². The Kier molecular flexibility index (Phi) is 4.71. The lowest BCUT2D eigenvalue weighted by Gasteiger charge is -2.14. The van der Waals surface area contributed by atoms with Gasteiger partial charge in [-0.1, -0.05) is 25.9 Å². The van der Waals surface area contributed by atoms with E-state index in [9.17, 15) is 0 Å². The minimum absolute atomic E-state index is 0.112. The third kappa shape index (κ3) is 3.28. The van der Waals surface area contributed by atoms with Gasteiger partial charge in [0, 0.05) is 0 Å². The molecule has 0 unspecified atom stereocenters. The van der Waals surface area contributed by atoms with Gasteiger partial charge in [-0.15, -0.1) is 0 Å². The van der Waals surface area contributed by atoms with Crippen LogP contribution in [0, 0.1) is 0 Å². The zero-order valence-corrected chi connectivity index (χ0v) is 9.73. The van der Waals surface area contributed by atoms with Crippen LogP contribution in [0.3, 0.4) is 0 Å². The van der Waals surface area contributed by atoms with E-state index in [0.29, 0.717) is 18.3 Å². The zero-order chi connectivity index (χ0) is 11.3. The van der Waals surface area contributed by atoms with Crippen molar-refractivity contribution in [2.45, 2.75) is 39.8 Å². The first kappa shape index (κ1) is 12.1. The molecule has 5 nitrogen and oxygen atoms in total. The molecular weight excluding hydrogens is 192 g/mol. The maximum Gasteiger partial charge on any atom is 0.240 e. The molecule has 0 spiro atoms. The molecule has 5 heteroatoms. The molecule has 1 heterocycles. The highest BCUT2D eigenvalue weighted by Gasteiger charge is 2.13. The minimum atomic E-state index is -0.112. The van der Waals surface area contributed by atoms with Crippen molar-refractivity contribution in [3.63, 3.8) is 0 Å². The number of hydrogen-bond donors (Lipinski definition) is 1. The summed E-state index contributed by atoms with van der Waals surface area (Å²) < 4.78 is 5.14. The molecule has 86 valence electrons. The fourth-order valence-corrected chi connectivity index (χ4v) is 1.30. The average Bonchev–Trinajstić information content (AvgIpc) is 2.73. The Labute approximate surface area is 90.6 Å². The minimum Gasteiger partial charge on any atom is -0.338 e. The maximum absolute atomic E-state index is 5.80. The Hall–Kier alpha value is -0.940. The van der Waals surface area contributed by atoms with Crippen LogP contribution in [0.5, 0.6) is 0 Å². The van der Waals surface area contributed by atoms with Gasteiger partial charge >= 0.3 is 0 Å². The fraction of sp³-hybridized carbons (Fsp3) is 0.800. The summed E-state index contributed by atoms with van der Waals surface area (Å²) in [5.41, 5.74) is 5.80. The maximum atomic E-state index is 5.80. The predicted molar refractivity (Wildman–Crippen MR) is 58.1 cm³/mol. The molecule has 0 radical (unpaired) electrons. The van der Waals surface area contributed by atoms with Gasteiger partial charge < -0.3 is 10.3 Å². The monoisotopic (exact) mass is 212 g/mol. The van der Waals surface area contributed by atoms with Crippen LogP contribution >= 0.6 is 0 Å². The van der Waals surface area contributed by atoms with Gasteiger partial charge in [-0.25, -0.2) is 0 Å². The molecule has 15 heavy (non-hydrogen) atoms. The summed E-state index contributed by atoms with van der Waals surface area (Å²) in [5.74, 6) is 1.26. The van der Waals surface area contributed by atoms with Crippen LogP contribution in [0.1, 0.15) is 44.9 Å². The molecule has 1 aromatic rings. The van der Waals surface area contributed by atoms with Gasteiger partial charge in [0.05, 0.1) is 12.6 Å². The fourth-order valence-electron chi connectivity index (χ4n) is 1.30. The molecule has 0 aliphatic carbocycles. The summed E-state index contributed by atoms with van der Waals surface area (Å²) in [4.78, 5) is 6.49. The smallest absolute Gasteiger partial charge is 0.240 e. The summed E-state index contributed by atoms with van der Waals surface area (Å²) >= 11 is 0. The van der Waals surface area contributed by atoms with E-state index in [2.05, 4.69) is 28.9 Å². The molecule has 0 fully saturated rings. The summed E-state index contributed by atoms with van der Waals surface area (Å²) in [6, 6.07) is -0.112. The predicted octanol–water partition coefficient (Wildman–Crippen LogP) is 1.32.